The number of rotatable bonds is 4. The first-order valence-corrected chi connectivity index (χ1v) is 11.4. The Labute approximate surface area is 184 Å². The highest BCUT2D eigenvalue weighted by atomic mass is 19.1. The topological polar surface area (TPSA) is 48.8 Å². The molecule has 6 heteroatoms. The van der Waals surface area contributed by atoms with E-state index in [0.717, 1.165) is 49.8 Å². The molecule has 0 radical (unpaired) electrons. The first-order valence-electron chi connectivity index (χ1n) is 11.4. The number of pyridine rings is 1. The van der Waals surface area contributed by atoms with E-state index in [0.29, 0.717) is 35.9 Å². The first-order chi connectivity index (χ1) is 15.0. The summed E-state index contributed by atoms with van der Waals surface area (Å²) in [6.07, 6.45) is 7.00. The number of nitrogens with zero attached hydrogens (tertiary/aromatic N) is 4. The van der Waals surface area contributed by atoms with Crippen molar-refractivity contribution in [3.8, 4) is 0 Å². The molecule has 0 saturated carbocycles. The number of aliphatic imine (C=N–C) groups is 1. The van der Waals surface area contributed by atoms with Gasteiger partial charge in [0.15, 0.2) is 0 Å². The molecule has 1 aromatic heterocycles. The van der Waals surface area contributed by atoms with Gasteiger partial charge in [0.1, 0.15) is 5.82 Å². The Hall–Kier alpha value is -2.34. The van der Waals surface area contributed by atoms with Crippen LogP contribution in [-0.4, -0.2) is 67.2 Å². The molecule has 2 atom stereocenters. The fraction of sp³-hybridized carbons (Fsp3) is 0.560. The minimum absolute atomic E-state index is 0.110. The zero-order valence-electron chi connectivity index (χ0n) is 18.9. The van der Waals surface area contributed by atoms with E-state index in [2.05, 4.69) is 28.8 Å². The van der Waals surface area contributed by atoms with Gasteiger partial charge in [-0.2, -0.15) is 0 Å². The van der Waals surface area contributed by atoms with Gasteiger partial charge in [-0.1, -0.05) is 13.0 Å². The summed E-state index contributed by atoms with van der Waals surface area (Å²) in [4.78, 5) is 26.0. The molecule has 1 amide bonds. The van der Waals surface area contributed by atoms with Gasteiger partial charge in [-0.15, -0.1) is 0 Å². The third-order valence-corrected chi connectivity index (χ3v) is 6.93. The summed E-state index contributed by atoms with van der Waals surface area (Å²) < 4.78 is 15.0. The summed E-state index contributed by atoms with van der Waals surface area (Å²) in [6, 6.07) is 5.54. The Bertz CT molecular complexity index is 967. The predicted octanol–water partition coefficient (Wildman–Crippen LogP) is 4.11. The maximum absolute atomic E-state index is 15.0. The summed E-state index contributed by atoms with van der Waals surface area (Å²) in [6.45, 7) is 5.78. The van der Waals surface area contributed by atoms with Gasteiger partial charge in [-0.25, -0.2) is 4.39 Å². The molecule has 2 aliphatic rings. The fourth-order valence-electron chi connectivity index (χ4n) is 5.27. The molecule has 2 aromatic rings. The monoisotopic (exact) mass is 424 g/mol. The molecule has 166 valence electrons. The second kappa shape index (κ2) is 9.43. The van der Waals surface area contributed by atoms with Crippen LogP contribution in [0.1, 0.15) is 49.7 Å². The van der Waals surface area contributed by atoms with Crippen molar-refractivity contribution in [1.82, 2.24) is 14.8 Å². The van der Waals surface area contributed by atoms with Crippen molar-refractivity contribution in [2.45, 2.75) is 38.5 Å². The Kier molecular flexibility index (Phi) is 6.65. The van der Waals surface area contributed by atoms with Gasteiger partial charge in [0, 0.05) is 50.3 Å². The van der Waals surface area contributed by atoms with Crippen LogP contribution in [-0.2, 0) is 4.79 Å². The van der Waals surface area contributed by atoms with Crippen molar-refractivity contribution in [3.63, 3.8) is 0 Å². The minimum Gasteiger partial charge on any atom is -0.342 e. The average Bonchev–Trinajstić information content (AvgIpc) is 2.76. The highest BCUT2D eigenvalue weighted by molar-refractivity contribution is 5.99. The molecule has 2 aliphatic heterocycles. The van der Waals surface area contributed by atoms with Crippen LogP contribution >= 0.6 is 0 Å². The largest absolute Gasteiger partial charge is 0.342 e. The Morgan fingerprint density at radius 2 is 2.10 bits per heavy atom. The van der Waals surface area contributed by atoms with Crippen LogP contribution in [0.3, 0.4) is 0 Å². The lowest BCUT2D eigenvalue weighted by atomic mass is 9.82. The number of likely N-dealkylation sites (tertiary alicyclic amines) is 2. The van der Waals surface area contributed by atoms with E-state index in [1.54, 1.807) is 19.3 Å². The Balaban J connectivity index is 1.58. The van der Waals surface area contributed by atoms with E-state index in [4.69, 9.17) is 0 Å². The van der Waals surface area contributed by atoms with E-state index in [-0.39, 0.29) is 17.6 Å². The Morgan fingerprint density at radius 3 is 2.84 bits per heavy atom. The van der Waals surface area contributed by atoms with Crippen molar-refractivity contribution >= 4 is 23.0 Å². The second-order valence-corrected chi connectivity index (χ2v) is 9.44. The molecule has 0 aliphatic carbocycles. The van der Waals surface area contributed by atoms with Crippen molar-refractivity contribution < 1.29 is 9.18 Å². The summed E-state index contributed by atoms with van der Waals surface area (Å²) >= 11 is 0. The van der Waals surface area contributed by atoms with Gasteiger partial charge in [0.2, 0.25) is 5.91 Å². The van der Waals surface area contributed by atoms with Crippen molar-refractivity contribution in [1.29, 1.82) is 0 Å². The van der Waals surface area contributed by atoms with Crippen molar-refractivity contribution in [3.05, 3.63) is 41.3 Å². The molecule has 0 N–H and O–H groups in total. The van der Waals surface area contributed by atoms with Gasteiger partial charge in [-0.05, 0) is 68.9 Å². The highest BCUT2D eigenvalue weighted by Gasteiger charge is 2.32. The van der Waals surface area contributed by atoms with Crippen LogP contribution in [0.5, 0.6) is 0 Å². The molecule has 0 spiro atoms. The summed E-state index contributed by atoms with van der Waals surface area (Å²) in [5.41, 5.74) is 2.03. The number of hydrogen-bond acceptors (Lipinski definition) is 4. The third kappa shape index (κ3) is 4.79. The third-order valence-electron chi connectivity index (χ3n) is 6.93. The number of piperidine rings is 2. The molecule has 2 fully saturated rings. The quantitative estimate of drug-likeness (QED) is 0.694. The smallest absolute Gasteiger partial charge is 0.222 e. The molecule has 1 aromatic carbocycles. The zero-order valence-corrected chi connectivity index (χ0v) is 18.9. The average molecular weight is 425 g/mol. The van der Waals surface area contributed by atoms with Gasteiger partial charge in [-0.3, -0.25) is 14.8 Å². The molecular weight excluding hydrogens is 391 g/mol. The maximum atomic E-state index is 15.0. The van der Waals surface area contributed by atoms with Crippen molar-refractivity contribution in [2.75, 3.05) is 40.3 Å². The number of fused-ring (bicyclic) bond motifs is 1. The number of amides is 1. The van der Waals surface area contributed by atoms with Crippen LogP contribution in [0.2, 0.25) is 0 Å². The Morgan fingerprint density at radius 1 is 1.32 bits per heavy atom. The SMILES string of the molecule is C/N=C\c1c(F)cc([C@H]2C[C@@H](C)CN(C(=O)CC3CCN(C)CC3)C2)c2cccnc12. The molecule has 4 rings (SSSR count). The van der Waals surface area contributed by atoms with E-state index in [1.165, 1.54) is 6.21 Å². The number of carbonyl (C=O) groups is 1. The lowest BCUT2D eigenvalue weighted by Crippen LogP contribution is -2.43. The van der Waals surface area contributed by atoms with Crippen LogP contribution < -0.4 is 0 Å². The minimum atomic E-state index is -0.297. The first kappa shape index (κ1) is 21.9. The normalized spacial score (nSPS) is 23.7. The van der Waals surface area contributed by atoms with Gasteiger partial charge >= 0.3 is 0 Å². The standard InChI is InChI=1S/C25H33FN4O/c1-17-11-19(16-30(15-17)24(31)12-18-6-9-29(3)10-7-18)21-13-23(26)22(14-27-2)25-20(21)5-4-8-28-25/h4-5,8,13-14,17-19H,6-7,9-12,15-16H2,1-3H3/b27-14-/t17-,19+/m1/s1. The highest BCUT2D eigenvalue weighted by Crippen LogP contribution is 2.36. The summed E-state index contributed by atoms with van der Waals surface area (Å²) in [5.74, 6) is 0.929. The van der Waals surface area contributed by atoms with E-state index < -0.39 is 0 Å². The van der Waals surface area contributed by atoms with Gasteiger partial charge in [0.05, 0.1) is 11.1 Å². The van der Waals surface area contributed by atoms with E-state index >= 15 is 0 Å². The molecule has 31 heavy (non-hydrogen) atoms. The maximum Gasteiger partial charge on any atom is 0.222 e. The molecule has 5 nitrogen and oxygen atoms in total. The van der Waals surface area contributed by atoms with Crippen LogP contribution in [0.4, 0.5) is 4.39 Å². The van der Waals surface area contributed by atoms with Crippen LogP contribution in [0, 0.1) is 17.7 Å². The van der Waals surface area contributed by atoms with Gasteiger partial charge < -0.3 is 9.80 Å². The van der Waals surface area contributed by atoms with Crippen LogP contribution in [0.15, 0.2) is 29.4 Å². The lowest BCUT2D eigenvalue weighted by molar-refractivity contribution is -0.134. The number of halogens is 1. The molecule has 0 bridgehead atoms. The molecule has 0 unspecified atom stereocenters. The van der Waals surface area contributed by atoms with Crippen LogP contribution in [0.25, 0.3) is 10.9 Å². The molecular formula is C25H33FN4O. The summed E-state index contributed by atoms with van der Waals surface area (Å²) in [7, 11) is 3.78. The number of benzene rings is 1. The zero-order chi connectivity index (χ0) is 22.0. The van der Waals surface area contributed by atoms with E-state index in [1.807, 2.05) is 17.0 Å². The molecule has 2 saturated heterocycles. The fourth-order valence-corrected chi connectivity index (χ4v) is 5.27. The summed E-state index contributed by atoms with van der Waals surface area (Å²) in [5, 5.41) is 0.959. The second-order valence-electron chi connectivity index (χ2n) is 9.44. The van der Waals surface area contributed by atoms with E-state index in [9.17, 15) is 9.18 Å². The van der Waals surface area contributed by atoms with Gasteiger partial charge in [0.25, 0.3) is 0 Å². The number of carbonyl (C=O) groups excluding carboxylic acids is 1. The predicted molar refractivity (Wildman–Crippen MR) is 123 cm³/mol. The molecule has 3 heterocycles. The number of aromatic nitrogens is 1. The van der Waals surface area contributed by atoms with Crippen molar-refractivity contribution in [2.24, 2.45) is 16.8 Å². The number of hydrogen-bond donors (Lipinski definition) is 0. The lowest BCUT2D eigenvalue weighted by Gasteiger charge is -2.38.